The molecule has 1 aromatic carbocycles. The maximum Gasteiger partial charge on any atom is 0.416 e. The van der Waals surface area contributed by atoms with E-state index in [1.807, 2.05) is 32.8 Å². The van der Waals surface area contributed by atoms with Crippen LogP contribution in [-0.2, 0) is 12.4 Å². The number of benzene rings is 1. The number of thiocarbonyl (C=S) groups is 1. The first-order valence-electron chi connectivity index (χ1n) is 7.72. The zero-order chi connectivity index (χ0) is 20.3. The van der Waals surface area contributed by atoms with Crippen molar-refractivity contribution >= 4 is 23.0 Å². The molecule has 0 aliphatic rings. The lowest BCUT2D eigenvalue weighted by Gasteiger charge is -2.28. The standard InChI is InChI=1S/C16H21F6N3S/c1-9(2)13(25(3)4)8-23-14(26)24-12-6-10(15(17,18)19)5-11(7-12)16(20,21)22/h5-7,9,13H,8H2,1-4H3,(H2,23,24,26)/t13-/m1/s1. The third kappa shape index (κ3) is 6.64. The van der Waals surface area contributed by atoms with Gasteiger partial charge < -0.3 is 15.5 Å². The first-order valence-corrected chi connectivity index (χ1v) is 8.13. The molecule has 148 valence electrons. The second kappa shape index (κ2) is 8.43. The highest BCUT2D eigenvalue weighted by atomic mass is 32.1. The predicted molar refractivity (Wildman–Crippen MR) is 93.0 cm³/mol. The van der Waals surface area contributed by atoms with Crippen LogP contribution in [0.3, 0.4) is 0 Å². The summed E-state index contributed by atoms with van der Waals surface area (Å²) in [6.07, 6.45) is -9.80. The van der Waals surface area contributed by atoms with E-state index >= 15 is 0 Å². The van der Waals surface area contributed by atoms with Crippen LogP contribution in [0, 0.1) is 5.92 Å². The number of nitrogens with zero attached hydrogens (tertiary/aromatic N) is 1. The Morgan fingerprint density at radius 3 is 1.81 bits per heavy atom. The summed E-state index contributed by atoms with van der Waals surface area (Å²) >= 11 is 5.00. The van der Waals surface area contributed by atoms with Crippen molar-refractivity contribution in [1.82, 2.24) is 10.2 Å². The van der Waals surface area contributed by atoms with Gasteiger partial charge in [-0.2, -0.15) is 26.3 Å². The third-order valence-corrected chi connectivity index (χ3v) is 4.00. The van der Waals surface area contributed by atoms with Gasteiger partial charge in [-0.25, -0.2) is 0 Å². The largest absolute Gasteiger partial charge is 0.416 e. The number of nitrogens with one attached hydrogen (secondary N) is 2. The summed E-state index contributed by atoms with van der Waals surface area (Å²) in [6.45, 7) is 4.37. The van der Waals surface area contributed by atoms with Gasteiger partial charge in [0, 0.05) is 18.3 Å². The molecule has 0 bridgehead atoms. The first kappa shape index (κ1) is 22.5. The number of hydrogen-bond acceptors (Lipinski definition) is 2. The molecule has 0 heterocycles. The fourth-order valence-corrected chi connectivity index (χ4v) is 2.62. The monoisotopic (exact) mass is 401 g/mol. The smallest absolute Gasteiger partial charge is 0.361 e. The van der Waals surface area contributed by atoms with Gasteiger partial charge in [0.15, 0.2) is 5.11 Å². The van der Waals surface area contributed by atoms with E-state index < -0.39 is 23.5 Å². The van der Waals surface area contributed by atoms with Crippen molar-refractivity contribution in [3.63, 3.8) is 0 Å². The molecule has 3 nitrogen and oxygen atoms in total. The van der Waals surface area contributed by atoms with Crippen molar-refractivity contribution < 1.29 is 26.3 Å². The summed E-state index contributed by atoms with van der Waals surface area (Å²) in [7, 11) is 3.73. The van der Waals surface area contributed by atoms with Gasteiger partial charge in [0.05, 0.1) is 11.1 Å². The molecule has 0 unspecified atom stereocenters. The fraction of sp³-hybridized carbons (Fsp3) is 0.562. The number of likely N-dealkylation sites (N-methyl/N-ethyl adjacent to an activating group) is 1. The van der Waals surface area contributed by atoms with E-state index in [4.69, 9.17) is 12.2 Å². The molecule has 1 aromatic rings. The molecule has 0 aliphatic heterocycles. The molecular weight excluding hydrogens is 380 g/mol. The van der Waals surface area contributed by atoms with Crippen molar-refractivity contribution in [2.75, 3.05) is 26.0 Å². The highest BCUT2D eigenvalue weighted by Crippen LogP contribution is 2.37. The minimum Gasteiger partial charge on any atom is -0.361 e. The maximum atomic E-state index is 12.9. The van der Waals surface area contributed by atoms with Crippen LogP contribution in [-0.4, -0.2) is 36.7 Å². The number of alkyl halides is 6. The Morgan fingerprint density at radius 1 is 1.00 bits per heavy atom. The first-order chi connectivity index (χ1) is 11.7. The average Bonchev–Trinajstić information content (AvgIpc) is 2.44. The lowest BCUT2D eigenvalue weighted by atomic mass is 10.0. The Hall–Kier alpha value is -1.55. The summed E-state index contributed by atoms with van der Waals surface area (Å²) in [4.78, 5) is 1.95. The molecule has 0 aliphatic carbocycles. The Labute approximate surface area is 153 Å². The van der Waals surface area contributed by atoms with Gasteiger partial charge in [-0.05, 0) is 50.4 Å². The number of hydrogen-bond donors (Lipinski definition) is 2. The molecule has 0 amide bonds. The van der Waals surface area contributed by atoms with Crippen molar-refractivity contribution in [2.45, 2.75) is 32.2 Å². The lowest BCUT2D eigenvalue weighted by Crippen LogP contribution is -2.44. The van der Waals surface area contributed by atoms with E-state index in [9.17, 15) is 26.3 Å². The molecular formula is C16H21F6N3S. The Morgan fingerprint density at radius 2 is 1.46 bits per heavy atom. The zero-order valence-corrected chi connectivity index (χ0v) is 15.5. The van der Waals surface area contributed by atoms with Gasteiger partial charge in [0.1, 0.15) is 0 Å². The van der Waals surface area contributed by atoms with Crippen LogP contribution in [0.4, 0.5) is 32.0 Å². The summed E-state index contributed by atoms with van der Waals surface area (Å²) in [5, 5.41) is 5.18. The maximum absolute atomic E-state index is 12.9. The molecule has 0 aromatic heterocycles. The molecule has 0 spiro atoms. The number of anilines is 1. The van der Waals surface area contributed by atoms with E-state index in [1.54, 1.807) is 0 Å². The molecule has 0 saturated carbocycles. The second-order valence-electron chi connectivity index (χ2n) is 6.40. The van der Waals surface area contributed by atoms with Crippen LogP contribution >= 0.6 is 12.2 Å². The summed E-state index contributed by atoms with van der Waals surface area (Å²) in [5.74, 6) is 0.269. The average molecular weight is 401 g/mol. The van der Waals surface area contributed by atoms with Crippen LogP contribution in [0.25, 0.3) is 0 Å². The predicted octanol–water partition coefficient (Wildman–Crippen LogP) is 4.60. The van der Waals surface area contributed by atoms with E-state index in [2.05, 4.69) is 10.6 Å². The van der Waals surface area contributed by atoms with Crippen LogP contribution in [0.2, 0.25) is 0 Å². The van der Waals surface area contributed by atoms with E-state index in [0.29, 0.717) is 18.7 Å². The van der Waals surface area contributed by atoms with E-state index in [0.717, 1.165) is 0 Å². The summed E-state index contributed by atoms with van der Waals surface area (Å²) < 4.78 is 77.1. The Balaban J connectivity index is 2.96. The zero-order valence-electron chi connectivity index (χ0n) is 14.7. The van der Waals surface area contributed by atoms with Gasteiger partial charge >= 0.3 is 12.4 Å². The molecule has 1 rings (SSSR count). The normalized spacial score (nSPS) is 13.8. The van der Waals surface area contributed by atoms with Crippen LogP contribution in [0.5, 0.6) is 0 Å². The van der Waals surface area contributed by atoms with Gasteiger partial charge in [0.25, 0.3) is 0 Å². The minimum atomic E-state index is -4.90. The number of halogens is 6. The van der Waals surface area contributed by atoms with Crippen molar-refractivity contribution in [2.24, 2.45) is 5.92 Å². The highest BCUT2D eigenvalue weighted by Gasteiger charge is 2.37. The van der Waals surface area contributed by atoms with Crippen LogP contribution in [0.15, 0.2) is 18.2 Å². The summed E-state index contributed by atoms with van der Waals surface area (Å²) in [5.41, 5.74) is -3.17. The molecule has 0 fully saturated rings. The molecule has 26 heavy (non-hydrogen) atoms. The van der Waals surface area contributed by atoms with Gasteiger partial charge in [-0.3, -0.25) is 0 Å². The van der Waals surface area contributed by atoms with Gasteiger partial charge in [-0.1, -0.05) is 13.8 Å². The third-order valence-electron chi connectivity index (χ3n) is 3.75. The Bertz CT molecular complexity index is 585. The number of rotatable bonds is 5. The molecule has 1 atom stereocenters. The van der Waals surface area contributed by atoms with Crippen molar-refractivity contribution in [3.8, 4) is 0 Å². The molecule has 2 N–H and O–H groups in total. The second-order valence-corrected chi connectivity index (χ2v) is 6.81. The van der Waals surface area contributed by atoms with E-state index in [1.165, 1.54) is 0 Å². The lowest BCUT2D eigenvalue weighted by molar-refractivity contribution is -0.143. The van der Waals surface area contributed by atoms with Crippen molar-refractivity contribution in [1.29, 1.82) is 0 Å². The minimum absolute atomic E-state index is 0.0510. The van der Waals surface area contributed by atoms with Crippen LogP contribution < -0.4 is 10.6 Å². The summed E-state index contributed by atoms with van der Waals surface area (Å²) in [6, 6.07) is 1.34. The molecule has 10 heteroatoms. The van der Waals surface area contributed by atoms with E-state index in [-0.39, 0.29) is 28.8 Å². The van der Waals surface area contributed by atoms with Gasteiger partial charge in [-0.15, -0.1) is 0 Å². The Kier molecular flexibility index (Phi) is 7.29. The molecule has 0 radical (unpaired) electrons. The van der Waals surface area contributed by atoms with Crippen molar-refractivity contribution in [3.05, 3.63) is 29.3 Å². The quantitative estimate of drug-likeness (QED) is 0.557. The topological polar surface area (TPSA) is 27.3 Å². The SMILES string of the molecule is CC(C)[C@@H](CNC(=S)Nc1cc(C(F)(F)F)cc(C(F)(F)F)c1)N(C)C. The van der Waals surface area contributed by atoms with Gasteiger partial charge in [0.2, 0.25) is 0 Å². The highest BCUT2D eigenvalue weighted by molar-refractivity contribution is 7.80. The molecule has 0 saturated heterocycles. The van der Waals surface area contributed by atoms with Crippen LogP contribution in [0.1, 0.15) is 25.0 Å². The fourth-order valence-electron chi connectivity index (χ4n) is 2.41.